The van der Waals surface area contributed by atoms with Crippen LogP contribution in [0, 0.1) is 11.8 Å². The number of alkyl halides is 9. The lowest BCUT2D eigenvalue weighted by Gasteiger charge is -2.21. The maximum atomic E-state index is 12.7. The lowest BCUT2D eigenvalue weighted by molar-refractivity contribution is -0.185. The fourth-order valence-electron chi connectivity index (χ4n) is 14.8. The Kier molecular flexibility index (Phi) is 33.7. The number of amides is 3. The Bertz CT molecular complexity index is 5210. The summed E-state index contributed by atoms with van der Waals surface area (Å²) in [6.45, 7) is 4.33. The van der Waals surface area contributed by atoms with Crippen molar-refractivity contribution in [1.82, 2.24) is 50.3 Å². The van der Waals surface area contributed by atoms with E-state index in [-0.39, 0.29) is 53.1 Å². The number of pyridine rings is 5. The predicted octanol–water partition coefficient (Wildman–Crippen LogP) is 19.5. The average Bonchev–Trinajstić information content (AvgIpc) is 1.73. The summed E-state index contributed by atoms with van der Waals surface area (Å²) in [4.78, 5) is 57.6. The molecule has 0 saturated carbocycles. The van der Waals surface area contributed by atoms with Gasteiger partial charge in [0.2, 0.25) is 0 Å². The Labute approximate surface area is 712 Å². The first-order valence-electron chi connectivity index (χ1n) is 38.6. The highest BCUT2D eigenvalue weighted by Gasteiger charge is 2.45. The van der Waals surface area contributed by atoms with Crippen LogP contribution >= 0.6 is 58.0 Å². The zero-order chi connectivity index (χ0) is 83.8. The van der Waals surface area contributed by atoms with E-state index in [2.05, 4.69) is 83.8 Å². The summed E-state index contributed by atoms with van der Waals surface area (Å²) in [6.07, 6.45) is 20.6. The third kappa shape index (κ3) is 26.0. The second-order valence-electron chi connectivity index (χ2n) is 28.4. The van der Waals surface area contributed by atoms with Crippen molar-refractivity contribution in [2.24, 2.45) is 0 Å². The summed E-state index contributed by atoms with van der Waals surface area (Å²) in [5.74, 6) is 0.621. The van der Waals surface area contributed by atoms with Gasteiger partial charge in [-0.2, -0.15) is 39.5 Å². The number of hydrogen-bond acceptors (Lipinski definition) is 10. The smallest absolute Gasteiger partial charge is 0.334 e. The number of nitrogens with one attached hydrogen (secondary N) is 2. The fourth-order valence-corrected chi connectivity index (χ4v) is 16.0. The van der Waals surface area contributed by atoms with Gasteiger partial charge in [-0.15, -0.1) is 0 Å². The van der Waals surface area contributed by atoms with Gasteiger partial charge in [-0.1, -0.05) is 156 Å². The maximum Gasteiger partial charge on any atom is 0.471 e. The molecule has 10 aromatic rings. The largest absolute Gasteiger partial charge is 0.471 e. The molecule has 0 spiro atoms. The summed E-state index contributed by atoms with van der Waals surface area (Å²) in [5, 5.41) is 10.2. The molecule has 0 fully saturated rings. The SMILES string of the molecule is C.Clc1ccc2c(c1/C=C\c1cccnc1)CCNCC2.Clc1ccc2c(c1CCc1cccnc1)CCNCC2.O=C(N1CCc2ccc(Cl)c(/C=C\c3cccnc3)c2CC1)C(F)(F)F.O=C(N1CCc2ccc(Cl)c(C#Cc3cccnc3)c2CC1)C(F)(F)F.O=C(N1CCc2ccc(Cl)c(CCc3cccnc3)c2CC1)C(F)(F)F. The summed E-state index contributed by atoms with van der Waals surface area (Å²) in [5.41, 5.74) is 20.9. The van der Waals surface area contributed by atoms with E-state index in [1.54, 1.807) is 79.8 Å². The standard InChI is InChI=1S/C19H18ClF3N2O.C19H16ClF3N2O.C19H14ClF3N2O.C17H19ClN2.C17H17ClN2.CH4/c3*20-17-6-4-14-7-10-25(18(26)19(21,22)23)11-8-15(14)16(17)5-3-13-2-1-9-24-12-13;2*18-17-6-4-14-7-10-19-11-8-15(14)16(17)5-3-13-2-1-9-20-12-13;/h1-2,4,6,9,12H,3,5,7-8,10-11H2;1-6,9,12H,7-8,10-11H2;1-2,4,6,9,12H,7-8,10-11H2;1-2,4,6,9,12,19H,3,5,7-8,10-11H2;1-6,9,12,19H,7-8,10-11H2;1H4/b;5-3-;;;5-3-;. The summed E-state index contributed by atoms with van der Waals surface area (Å²) in [6, 6.07) is 38.3. The number of hydrogen-bond donors (Lipinski definition) is 2. The van der Waals surface area contributed by atoms with E-state index in [0.29, 0.717) is 64.7 Å². The molecule has 5 aromatic heterocycles. The third-order valence-corrected chi connectivity index (χ3v) is 22.5. The van der Waals surface area contributed by atoms with Crippen LogP contribution in [0.15, 0.2) is 183 Å². The van der Waals surface area contributed by atoms with E-state index < -0.39 is 36.3 Å². The van der Waals surface area contributed by atoms with Crippen LogP contribution in [0.5, 0.6) is 0 Å². The van der Waals surface area contributed by atoms with Crippen molar-refractivity contribution in [3.05, 3.63) is 320 Å². The number of benzene rings is 5. The third-order valence-electron chi connectivity index (χ3n) is 20.8. The minimum absolute atomic E-state index is 0. The quantitative estimate of drug-likeness (QED) is 0.100. The maximum absolute atomic E-state index is 12.7. The van der Waals surface area contributed by atoms with Gasteiger partial charge in [0.25, 0.3) is 0 Å². The molecule has 0 unspecified atom stereocenters. The van der Waals surface area contributed by atoms with Crippen molar-refractivity contribution in [2.45, 2.75) is 116 Å². The fraction of sp³-hybridized carbons (Fsp3) is 0.304. The molecule has 0 radical (unpaired) electrons. The molecule has 0 aliphatic carbocycles. The number of carbonyl (C=O) groups excluding carboxylic acids is 3. The Morgan fingerprint density at radius 3 is 1.11 bits per heavy atom. The van der Waals surface area contributed by atoms with E-state index in [0.717, 1.165) is 163 Å². The van der Waals surface area contributed by atoms with Crippen molar-refractivity contribution in [3.63, 3.8) is 0 Å². The second kappa shape index (κ2) is 43.8. The Morgan fingerprint density at radius 1 is 0.353 bits per heavy atom. The highest BCUT2D eigenvalue weighted by Crippen LogP contribution is 2.35. The number of carbonyl (C=O) groups is 3. The van der Waals surface area contributed by atoms with Gasteiger partial charge in [0.15, 0.2) is 0 Å². The molecular weight excluding hydrogens is 1640 g/mol. The first kappa shape index (κ1) is 91.3. The Hall–Kier alpha value is -9.96. The van der Waals surface area contributed by atoms with Gasteiger partial charge in [-0.05, 0) is 283 Å². The molecule has 5 aliphatic rings. The summed E-state index contributed by atoms with van der Waals surface area (Å²) >= 11 is 31.8. The van der Waals surface area contributed by atoms with Crippen LogP contribution in [0.4, 0.5) is 39.5 Å². The average molecular weight is 1730 g/mol. The van der Waals surface area contributed by atoms with E-state index in [4.69, 9.17) is 58.0 Å². The molecule has 119 heavy (non-hydrogen) atoms. The predicted molar refractivity (Wildman–Crippen MR) is 455 cm³/mol. The van der Waals surface area contributed by atoms with Crippen molar-refractivity contribution >= 4 is 100 Å². The van der Waals surface area contributed by atoms with Gasteiger partial charge in [0, 0.05) is 132 Å². The number of aryl methyl sites for hydroxylation is 2. The van der Waals surface area contributed by atoms with Gasteiger partial charge >= 0.3 is 36.3 Å². The highest BCUT2D eigenvalue weighted by atomic mass is 35.5. The molecule has 10 heterocycles. The zero-order valence-corrected chi connectivity index (χ0v) is 68.0. The number of rotatable bonds is 10. The topological polar surface area (TPSA) is 149 Å². The normalized spacial score (nSPS) is 14.6. The van der Waals surface area contributed by atoms with Gasteiger partial charge < -0.3 is 25.3 Å². The highest BCUT2D eigenvalue weighted by molar-refractivity contribution is 6.33. The molecule has 622 valence electrons. The molecule has 3 amide bonds. The van der Waals surface area contributed by atoms with Gasteiger partial charge in [-0.25, -0.2) is 0 Å². The van der Waals surface area contributed by atoms with Gasteiger partial charge in [0.05, 0.1) is 5.02 Å². The molecule has 2 N–H and O–H groups in total. The van der Waals surface area contributed by atoms with Crippen LogP contribution in [0.1, 0.15) is 119 Å². The molecule has 13 nitrogen and oxygen atoms in total. The van der Waals surface area contributed by atoms with Gasteiger partial charge in [-0.3, -0.25) is 39.3 Å². The lowest BCUT2D eigenvalue weighted by atomic mass is 9.93. The monoisotopic (exact) mass is 1730 g/mol. The van der Waals surface area contributed by atoms with E-state index >= 15 is 0 Å². The molecule has 0 atom stereocenters. The summed E-state index contributed by atoms with van der Waals surface area (Å²) in [7, 11) is 0. The second-order valence-corrected chi connectivity index (χ2v) is 30.4. The zero-order valence-electron chi connectivity index (χ0n) is 64.2. The molecule has 5 aliphatic heterocycles. The van der Waals surface area contributed by atoms with E-state index in [1.807, 2.05) is 91.4 Å². The number of aromatic nitrogens is 5. The Balaban J connectivity index is 0.000000157. The minimum Gasteiger partial charge on any atom is -0.334 e. The molecule has 5 aromatic carbocycles. The first-order chi connectivity index (χ1) is 56.8. The minimum atomic E-state index is -4.86. The molecule has 27 heteroatoms. The van der Waals surface area contributed by atoms with Crippen LogP contribution in [0.25, 0.3) is 24.3 Å². The molecule has 15 rings (SSSR count). The number of nitrogens with zero attached hydrogens (tertiary/aromatic N) is 8. The van der Waals surface area contributed by atoms with Crippen molar-refractivity contribution in [2.75, 3.05) is 65.4 Å². The lowest BCUT2D eigenvalue weighted by Crippen LogP contribution is -2.42. The number of fused-ring (bicyclic) bond motifs is 5. The van der Waals surface area contributed by atoms with Crippen LogP contribution in [-0.4, -0.2) is 141 Å². The van der Waals surface area contributed by atoms with E-state index in [9.17, 15) is 53.9 Å². The number of halogens is 14. The Morgan fingerprint density at radius 2 is 0.689 bits per heavy atom. The summed E-state index contributed by atoms with van der Waals surface area (Å²) < 4.78 is 114. The molecular formula is C92H88Cl5F9N10O3. The van der Waals surface area contributed by atoms with Gasteiger partial charge in [0.1, 0.15) is 0 Å². The molecule has 0 bridgehead atoms. The van der Waals surface area contributed by atoms with Crippen molar-refractivity contribution in [3.8, 4) is 11.8 Å². The van der Waals surface area contributed by atoms with Crippen LogP contribution in [-0.2, 0) is 104 Å². The van der Waals surface area contributed by atoms with Crippen molar-refractivity contribution in [1.29, 1.82) is 0 Å². The van der Waals surface area contributed by atoms with Crippen LogP contribution < -0.4 is 10.6 Å². The van der Waals surface area contributed by atoms with Crippen LogP contribution in [0.3, 0.4) is 0 Å². The first-order valence-corrected chi connectivity index (χ1v) is 40.5. The molecule has 0 saturated heterocycles. The van der Waals surface area contributed by atoms with Crippen molar-refractivity contribution < 1.29 is 53.9 Å². The van der Waals surface area contributed by atoms with E-state index in [1.165, 1.54) is 33.4 Å². The van der Waals surface area contributed by atoms with Crippen LogP contribution in [0.2, 0.25) is 25.1 Å².